The molecule has 3 aromatic carbocycles. The Morgan fingerprint density at radius 1 is 0.720 bits per heavy atom. The molecule has 2 heteroatoms. The Kier molecular flexibility index (Phi) is 5.01. The number of hydrogen-bond donors (Lipinski definition) is 1. The minimum absolute atomic E-state index is 0.638. The van der Waals surface area contributed by atoms with Gasteiger partial charge in [0.15, 0.2) is 0 Å². The monoisotopic (exact) mass is 329 g/mol. The van der Waals surface area contributed by atoms with Crippen molar-refractivity contribution in [1.29, 1.82) is 0 Å². The van der Waals surface area contributed by atoms with Crippen molar-refractivity contribution in [2.45, 2.75) is 20.0 Å². The predicted octanol–water partition coefficient (Wildman–Crippen LogP) is 5.99. The van der Waals surface area contributed by atoms with E-state index in [0.29, 0.717) is 0 Å². The molecule has 0 aromatic heterocycles. The van der Waals surface area contributed by atoms with E-state index < -0.39 is 6.10 Å². The van der Waals surface area contributed by atoms with Crippen LogP contribution < -0.4 is 4.90 Å². The lowest BCUT2D eigenvalue weighted by Crippen LogP contribution is -2.10. The summed E-state index contributed by atoms with van der Waals surface area (Å²) < 4.78 is 0. The van der Waals surface area contributed by atoms with Crippen LogP contribution in [0.1, 0.15) is 22.8 Å². The Morgan fingerprint density at radius 2 is 1.08 bits per heavy atom. The summed E-state index contributed by atoms with van der Waals surface area (Å²) in [5.74, 6) is 0. The Bertz CT molecular complexity index is 787. The fourth-order valence-corrected chi connectivity index (χ4v) is 2.79. The summed E-state index contributed by atoms with van der Waals surface area (Å²) in [6, 6.07) is 24.9. The van der Waals surface area contributed by atoms with Crippen LogP contribution in [0.4, 0.5) is 17.1 Å². The zero-order valence-corrected chi connectivity index (χ0v) is 14.7. The van der Waals surface area contributed by atoms with Crippen molar-refractivity contribution in [3.8, 4) is 0 Å². The van der Waals surface area contributed by atoms with Crippen molar-refractivity contribution in [1.82, 2.24) is 0 Å². The average molecular weight is 329 g/mol. The molecular weight excluding hydrogens is 306 g/mol. The van der Waals surface area contributed by atoms with Gasteiger partial charge in [0.25, 0.3) is 0 Å². The quantitative estimate of drug-likeness (QED) is 0.581. The van der Waals surface area contributed by atoms with E-state index in [1.807, 2.05) is 24.3 Å². The highest BCUT2D eigenvalue weighted by atomic mass is 16.3. The first-order valence-electron chi connectivity index (χ1n) is 8.42. The van der Waals surface area contributed by atoms with E-state index in [9.17, 15) is 5.11 Å². The molecule has 0 fully saturated rings. The van der Waals surface area contributed by atoms with E-state index in [-0.39, 0.29) is 0 Å². The van der Waals surface area contributed by atoms with Gasteiger partial charge in [-0.2, -0.15) is 0 Å². The lowest BCUT2D eigenvalue weighted by Gasteiger charge is -2.26. The molecule has 25 heavy (non-hydrogen) atoms. The van der Waals surface area contributed by atoms with Crippen LogP contribution >= 0.6 is 0 Å². The molecule has 0 aliphatic heterocycles. The van der Waals surface area contributed by atoms with Crippen LogP contribution in [0.2, 0.25) is 0 Å². The van der Waals surface area contributed by atoms with E-state index in [2.05, 4.69) is 73.9 Å². The number of rotatable bonds is 5. The second-order valence-electron chi connectivity index (χ2n) is 6.28. The minimum atomic E-state index is -0.638. The molecule has 3 rings (SSSR count). The third-order valence-electron chi connectivity index (χ3n) is 4.30. The largest absolute Gasteiger partial charge is 0.384 e. The molecule has 0 saturated carbocycles. The first-order chi connectivity index (χ1) is 12.1. The fraction of sp³-hybridized carbons (Fsp3) is 0.130. The molecule has 1 atom stereocenters. The summed E-state index contributed by atoms with van der Waals surface area (Å²) >= 11 is 0. The number of benzene rings is 3. The molecule has 126 valence electrons. The lowest BCUT2D eigenvalue weighted by molar-refractivity contribution is 0.229. The molecule has 2 nitrogen and oxygen atoms in total. The molecule has 0 bridgehead atoms. The minimum Gasteiger partial charge on any atom is -0.384 e. The summed E-state index contributed by atoms with van der Waals surface area (Å²) in [5.41, 5.74) is 6.56. The van der Waals surface area contributed by atoms with E-state index in [0.717, 1.165) is 22.6 Å². The molecular formula is C23H23NO. The highest BCUT2D eigenvalue weighted by molar-refractivity contribution is 5.76. The highest BCUT2D eigenvalue weighted by Gasteiger charge is 2.13. The highest BCUT2D eigenvalue weighted by Crippen LogP contribution is 2.35. The lowest BCUT2D eigenvalue weighted by atomic mass is 10.1. The van der Waals surface area contributed by atoms with Crippen LogP contribution in [-0.2, 0) is 0 Å². The number of aliphatic hydroxyl groups excluding tert-OH is 1. The number of hydrogen-bond acceptors (Lipinski definition) is 2. The van der Waals surface area contributed by atoms with Crippen LogP contribution in [0, 0.1) is 13.8 Å². The van der Waals surface area contributed by atoms with E-state index >= 15 is 0 Å². The van der Waals surface area contributed by atoms with Crippen LogP contribution in [-0.4, -0.2) is 5.11 Å². The van der Waals surface area contributed by atoms with E-state index in [1.165, 1.54) is 17.2 Å². The van der Waals surface area contributed by atoms with E-state index in [1.54, 1.807) is 0 Å². The molecule has 0 amide bonds. The predicted molar refractivity (Wildman–Crippen MR) is 106 cm³/mol. The second kappa shape index (κ2) is 7.37. The maximum Gasteiger partial charge on any atom is 0.0969 e. The molecule has 0 saturated heterocycles. The average Bonchev–Trinajstić information content (AvgIpc) is 2.65. The third-order valence-corrected chi connectivity index (χ3v) is 4.30. The van der Waals surface area contributed by atoms with Crippen LogP contribution in [0.5, 0.6) is 0 Å². The van der Waals surface area contributed by atoms with Crippen LogP contribution in [0.25, 0.3) is 0 Å². The zero-order chi connectivity index (χ0) is 17.8. The van der Waals surface area contributed by atoms with Gasteiger partial charge in [0.1, 0.15) is 0 Å². The first kappa shape index (κ1) is 17.0. The van der Waals surface area contributed by atoms with Crippen molar-refractivity contribution < 1.29 is 5.11 Å². The van der Waals surface area contributed by atoms with Gasteiger partial charge in [-0.15, -0.1) is 6.58 Å². The van der Waals surface area contributed by atoms with Crippen LogP contribution in [0.3, 0.4) is 0 Å². The summed E-state index contributed by atoms with van der Waals surface area (Å²) in [6.45, 7) is 7.82. The Balaban J connectivity index is 2.05. The summed E-state index contributed by atoms with van der Waals surface area (Å²) in [6.07, 6.45) is 0.897. The van der Waals surface area contributed by atoms with Gasteiger partial charge in [-0.3, -0.25) is 0 Å². The van der Waals surface area contributed by atoms with Gasteiger partial charge in [0.05, 0.1) is 6.10 Å². The fourth-order valence-electron chi connectivity index (χ4n) is 2.79. The molecule has 0 radical (unpaired) electrons. The normalized spacial score (nSPS) is 11.8. The second-order valence-corrected chi connectivity index (χ2v) is 6.28. The van der Waals surface area contributed by atoms with Gasteiger partial charge in [0, 0.05) is 17.1 Å². The van der Waals surface area contributed by atoms with Crippen LogP contribution in [0.15, 0.2) is 85.5 Å². The Morgan fingerprint density at radius 3 is 1.44 bits per heavy atom. The van der Waals surface area contributed by atoms with Gasteiger partial charge >= 0.3 is 0 Å². The molecule has 3 aromatic rings. The van der Waals surface area contributed by atoms with Gasteiger partial charge in [0.2, 0.25) is 0 Å². The van der Waals surface area contributed by atoms with E-state index in [4.69, 9.17) is 0 Å². The molecule has 0 aliphatic carbocycles. The van der Waals surface area contributed by atoms with Gasteiger partial charge in [-0.1, -0.05) is 53.6 Å². The molecule has 1 N–H and O–H groups in total. The first-order valence-corrected chi connectivity index (χ1v) is 8.42. The number of nitrogens with zero attached hydrogens (tertiary/aromatic N) is 1. The van der Waals surface area contributed by atoms with Gasteiger partial charge in [-0.25, -0.2) is 0 Å². The molecule has 0 heterocycles. The van der Waals surface area contributed by atoms with Crippen molar-refractivity contribution in [3.63, 3.8) is 0 Å². The van der Waals surface area contributed by atoms with Gasteiger partial charge < -0.3 is 10.0 Å². The third kappa shape index (κ3) is 3.81. The van der Waals surface area contributed by atoms with Gasteiger partial charge in [-0.05, 0) is 55.8 Å². The SMILES string of the molecule is C=CC(O)c1ccc(N(c2ccc(C)cc2)c2ccc(C)cc2)cc1. The topological polar surface area (TPSA) is 23.5 Å². The molecule has 0 spiro atoms. The summed E-state index contributed by atoms with van der Waals surface area (Å²) in [4.78, 5) is 2.21. The summed E-state index contributed by atoms with van der Waals surface area (Å²) in [7, 11) is 0. The maximum atomic E-state index is 9.92. The number of anilines is 3. The number of aryl methyl sites for hydroxylation is 2. The Hall–Kier alpha value is -2.84. The standard InChI is InChI=1S/C23H23NO/c1-4-23(25)19-9-15-22(16-10-19)24(20-11-5-17(2)6-12-20)21-13-7-18(3)8-14-21/h4-16,23,25H,1H2,2-3H3. The summed E-state index contributed by atoms with van der Waals surface area (Å²) in [5, 5.41) is 9.92. The zero-order valence-electron chi connectivity index (χ0n) is 14.7. The van der Waals surface area contributed by atoms with Crippen molar-refractivity contribution in [3.05, 3.63) is 102 Å². The van der Waals surface area contributed by atoms with Crippen molar-refractivity contribution in [2.24, 2.45) is 0 Å². The number of aliphatic hydroxyl groups is 1. The van der Waals surface area contributed by atoms with Crippen molar-refractivity contribution in [2.75, 3.05) is 4.90 Å². The smallest absolute Gasteiger partial charge is 0.0969 e. The maximum absolute atomic E-state index is 9.92. The molecule has 0 aliphatic rings. The molecule has 1 unspecified atom stereocenters. The van der Waals surface area contributed by atoms with Crippen molar-refractivity contribution >= 4 is 17.1 Å². The Labute approximate surface area is 149 Å².